The molecule has 1 aromatic heterocycles. The standard InChI is InChI=1S/C29H34N4O/c1-3-13-32(25-9-7-23-8-10-26(34)21-24(23)20-25)17-14-31-15-18-33(19-16-31)28-11-6-22(2)29-27(28)5-4-12-30-29/h1,4-6,8,10-12,21,25,34H,7,9,13-20H2,2H3. The molecule has 5 nitrogen and oxygen atoms in total. The zero-order valence-corrected chi connectivity index (χ0v) is 20.1. The van der Waals surface area contributed by atoms with Crippen LogP contribution in [0.3, 0.4) is 0 Å². The highest BCUT2D eigenvalue weighted by Crippen LogP contribution is 2.29. The van der Waals surface area contributed by atoms with Crippen LogP contribution < -0.4 is 4.90 Å². The lowest BCUT2D eigenvalue weighted by atomic mass is 9.87. The second-order valence-electron chi connectivity index (χ2n) is 9.65. The van der Waals surface area contributed by atoms with E-state index in [0.717, 1.165) is 64.0 Å². The number of phenols is 1. The predicted molar refractivity (Wildman–Crippen MR) is 139 cm³/mol. The molecule has 1 fully saturated rings. The highest BCUT2D eigenvalue weighted by Gasteiger charge is 2.25. The number of terminal acetylenes is 1. The molecule has 3 aromatic rings. The summed E-state index contributed by atoms with van der Waals surface area (Å²) in [6.07, 6.45) is 10.8. The second kappa shape index (κ2) is 10.0. The fourth-order valence-electron chi connectivity index (χ4n) is 5.60. The number of aromatic hydroxyl groups is 1. The van der Waals surface area contributed by atoms with E-state index in [2.05, 4.69) is 56.8 Å². The van der Waals surface area contributed by atoms with Gasteiger partial charge in [-0.25, -0.2) is 0 Å². The van der Waals surface area contributed by atoms with E-state index in [-0.39, 0.29) is 0 Å². The molecule has 0 radical (unpaired) electrons. The number of pyridine rings is 1. The van der Waals surface area contributed by atoms with Gasteiger partial charge in [-0.2, -0.15) is 0 Å². The van der Waals surface area contributed by atoms with Crippen LogP contribution in [-0.4, -0.2) is 71.7 Å². The number of anilines is 1. The highest BCUT2D eigenvalue weighted by molar-refractivity contribution is 5.93. The Morgan fingerprint density at radius 2 is 1.97 bits per heavy atom. The first-order valence-corrected chi connectivity index (χ1v) is 12.4. The number of fused-ring (bicyclic) bond motifs is 2. The van der Waals surface area contributed by atoms with Gasteiger partial charge >= 0.3 is 0 Å². The van der Waals surface area contributed by atoms with Gasteiger partial charge in [-0.3, -0.25) is 14.8 Å². The van der Waals surface area contributed by atoms with E-state index in [1.807, 2.05) is 18.3 Å². The topological polar surface area (TPSA) is 42.8 Å². The summed E-state index contributed by atoms with van der Waals surface area (Å²) in [5.74, 6) is 3.24. The van der Waals surface area contributed by atoms with E-state index in [4.69, 9.17) is 6.42 Å². The Bertz CT molecular complexity index is 1190. The van der Waals surface area contributed by atoms with Gasteiger partial charge in [-0.1, -0.05) is 18.1 Å². The minimum Gasteiger partial charge on any atom is -0.508 e. The van der Waals surface area contributed by atoms with Gasteiger partial charge in [0.25, 0.3) is 0 Å². The molecular formula is C29H34N4O. The van der Waals surface area contributed by atoms with Gasteiger partial charge < -0.3 is 10.0 Å². The van der Waals surface area contributed by atoms with Crippen molar-refractivity contribution in [2.45, 2.75) is 32.2 Å². The summed E-state index contributed by atoms with van der Waals surface area (Å²) < 4.78 is 0. The maximum absolute atomic E-state index is 9.91. The van der Waals surface area contributed by atoms with Gasteiger partial charge in [0.1, 0.15) is 5.75 Å². The molecule has 1 atom stereocenters. The lowest BCUT2D eigenvalue weighted by molar-refractivity contribution is 0.160. The van der Waals surface area contributed by atoms with E-state index < -0.39 is 0 Å². The lowest BCUT2D eigenvalue weighted by Crippen LogP contribution is -2.50. The Hall–Kier alpha value is -3.07. The first-order valence-electron chi connectivity index (χ1n) is 12.4. The minimum atomic E-state index is 0.359. The SMILES string of the molecule is C#CCN(CCN1CCN(c2ccc(C)c3ncccc23)CC1)C1CCc2ccc(O)cc2C1. The number of nitrogens with zero attached hydrogens (tertiary/aromatic N) is 4. The van der Waals surface area contributed by atoms with Crippen LogP contribution in [0.2, 0.25) is 0 Å². The molecule has 2 aromatic carbocycles. The average molecular weight is 455 g/mol. The molecular weight excluding hydrogens is 420 g/mol. The molecule has 1 aliphatic carbocycles. The van der Waals surface area contributed by atoms with Gasteiger partial charge in [0, 0.05) is 62.6 Å². The molecule has 0 bridgehead atoms. The fraction of sp³-hybridized carbons (Fsp3) is 0.414. The summed E-state index contributed by atoms with van der Waals surface area (Å²) in [6.45, 7) is 9.00. The average Bonchev–Trinajstić information content (AvgIpc) is 2.87. The molecule has 2 aliphatic rings. The summed E-state index contributed by atoms with van der Waals surface area (Å²) in [5.41, 5.74) is 6.27. The number of benzene rings is 2. The second-order valence-corrected chi connectivity index (χ2v) is 9.65. The van der Waals surface area contributed by atoms with Crippen LogP contribution in [0, 0.1) is 19.3 Å². The van der Waals surface area contributed by atoms with Gasteiger partial charge in [-0.05, 0) is 73.2 Å². The Labute approximate surface area is 203 Å². The van der Waals surface area contributed by atoms with Gasteiger partial charge in [0.2, 0.25) is 0 Å². The van der Waals surface area contributed by atoms with E-state index in [0.29, 0.717) is 18.3 Å². The molecule has 0 saturated carbocycles. The molecule has 5 rings (SSSR count). The van der Waals surface area contributed by atoms with Gasteiger partial charge in [0.15, 0.2) is 0 Å². The minimum absolute atomic E-state index is 0.359. The van der Waals surface area contributed by atoms with E-state index in [9.17, 15) is 5.11 Å². The molecule has 176 valence electrons. The van der Waals surface area contributed by atoms with Crippen molar-refractivity contribution in [2.24, 2.45) is 0 Å². The molecule has 0 spiro atoms. The quantitative estimate of drug-likeness (QED) is 0.573. The van der Waals surface area contributed by atoms with Crippen LogP contribution in [0.15, 0.2) is 48.7 Å². The lowest BCUT2D eigenvalue weighted by Gasteiger charge is -2.39. The summed E-state index contributed by atoms with van der Waals surface area (Å²) in [5, 5.41) is 11.2. The number of aryl methyl sites for hydroxylation is 2. The molecule has 1 N–H and O–H groups in total. The molecule has 2 heterocycles. The predicted octanol–water partition coefficient (Wildman–Crippen LogP) is 3.86. The molecule has 1 aliphatic heterocycles. The first-order chi connectivity index (χ1) is 16.6. The van der Waals surface area contributed by atoms with Crippen molar-refractivity contribution in [3.05, 3.63) is 65.4 Å². The van der Waals surface area contributed by atoms with Crippen molar-refractivity contribution in [1.29, 1.82) is 0 Å². The third-order valence-electron chi connectivity index (χ3n) is 7.57. The van der Waals surface area contributed by atoms with Crippen molar-refractivity contribution < 1.29 is 5.11 Å². The van der Waals surface area contributed by atoms with Gasteiger partial charge in [0.05, 0.1) is 12.1 Å². The Balaban J connectivity index is 1.19. The van der Waals surface area contributed by atoms with Crippen molar-refractivity contribution in [2.75, 3.05) is 50.7 Å². The maximum Gasteiger partial charge on any atom is 0.115 e. The van der Waals surface area contributed by atoms with Crippen LogP contribution in [0.1, 0.15) is 23.1 Å². The summed E-state index contributed by atoms with van der Waals surface area (Å²) >= 11 is 0. The number of aromatic nitrogens is 1. The molecule has 1 saturated heterocycles. The normalized spacial score (nSPS) is 18.7. The molecule has 34 heavy (non-hydrogen) atoms. The van der Waals surface area contributed by atoms with Crippen molar-refractivity contribution in [1.82, 2.24) is 14.8 Å². The number of phenolic OH excluding ortho intramolecular Hbond substituents is 1. The van der Waals surface area contributed by atoms with Crippen LogP contribution in [0.5, 0.6) is 5.75 Å². The zero-order chi connectivity index (χ0) is 23.5. The number of piperazine rings is 1. The van der Waals surface area contributed by atoms with E-state index >= 15 is 0 Å². The van der Waals surface area contributed by atoms with Crippen molar-refractivity contribution >= 4 is 16.6 Å². The number of hydrogen-bond donors (Lipinski definition) is 1. The third-order valence-corrected chi connectivity index (χ3v) is 7.57. The van der Waals surface area contributed by atoms with Crippen LogP contribution in [0.4, 0.5) is 5.69 Å². The highest BCUT2D eigenvalue weighted by atomic mass is 16.3. The Morgan fingerprint density at radius 1 is 1.12 bits per heavy atom. The molecule has 5 heteroatoms. The van der Waals surface area contributed by atoms with E-state index in [1.54, 1.807) is 6.07 Å². The van der Waals surface area contributed by atoms with Crippen LogP contribution in [0.25, 0.3) is 10.9 Å². The Kier molecular flexibility index (Phi) is 6.71. The van der Waals surface area contributed by atoms with E-state index in [1.165, 1.54) is 27.8 Å². The smallest absolute Gasteiger partial charge is 0.115 e. The van der Waals surface area contributed by atoms with Crippen LogP contribution >= 0.6 is 0 Å². The largest absolute Gasteiger partial charge is 0.508 e. The monoisotopic (exact) mass is 454 g/mol. The zero-order valence-electron chi connectivity index (χ0n) is 20.1. The van der Waals surface area contributed by atoms with Crippen molar-refractivity contribution in [3.8, 4) is 18.1 Å². The number of rotatable bonds is 6. The Morgan fingerprint density at radius 3 is 2.79 bits per heavy atom. The summed E-state index contributed by atoms with van der Waals surface area (Å²) in [4.78, 5) is 12.1. The number of hydrogen-bond acceptors (Lipinski definition) is 5. The first kappa shape index (κ1) is 22.7. The third kappa shape index (κ3) is 4.75. The van der Waals surface area contributed by atoms with Gasteiger partial charge in [-0.15, -0.1) is 6.42 Å². The maximum atomic E-state index is 9.91. The summed E-state index contributed by atoms with van der Waals surface area (Å²) in [6, 6.07) is 14.9. The fourth-order valence-corrected chi connectivity index (χ4v) is 5.60. The molecule has 1 unspecified atom stereocenters. The van der Waals surface area contributed by atoms with Crippen molar-refractivity contribution in [3.63, 3.8) is 0 Å². The summed E-state index contributed by atoms with van der Waals surface area (Å²) in [7, 11) is 0. The van der Waals surface area contributed by atoms with Crippen LogP contribution in [-0.2, 0) is 12.8 Å². The molecule has 0 amide bonds.